The third-order valence-electron chi connectivity index (χ3n) is 5.62. The molecule has 10 heteroatoms. The van der Waals surface area contributed by atoms with Crippen molar-refractivity contribution in [1.29, 1.82) is 0 Å². The number of aryl methyl sites for hydroxylation is 4. The lowest BCUT2D eigenvalue weighted by atomic mass is 9.83. The van der Waals surface area contributed by atoms with Crippen LogP contribution in [-0.4, -0.2) is 44.0 Å². The van der Waals surface area contributed by atoms with E-state index in [0.717, 1.165) is 24.5 Å². The van der Waals surface area contributed by atoms with Gasteiger partial charge in [0.05, 0.1) is 6.17 Å². The van der Waals surface area contributed by atoms with Crippen molar-refractivity contribution in [2.24, 2.45) is 5.73 Å². The van der Waals surface area contributed by atoms with Gasteiger partial charge in [0.15, 0.2) is 5.82 Å². The summed E-state index contributed by atoms with van der Waals surface area (Å²) in [7, 11) is -1.30. The fraction of sp³-hybridized carbons (Fsp3) is 0.400. The molecule has 1 aromatic heterocycles. The van der Waals surface area contributed by atoms with Crippen LogP contribution >= 0.6 is 12.4 Å². The van der Waals surface area contributed by atoms with Crippen LogP contribution < -0.4 is 11.1 Å². The molecule has 0 radical (unpaired) electrons. The first kappa shape index (κ1) is 28.5. The summed E-state index contributed by atoms with van der Waals surface area (Å²) in [4.78, 5) is 17.4. The maximum Gasteiger partial charge on any atom is 0.451 e. The topological polar surface area (TPSA) is 126 Å². The van der Waals surface area contributed by atoms with Gasteiger partial charge in [-0.2, -0.15) is 5.10 Å². The quantitative estimate of drug-likeness (QED) is 0.153. The summed E-state index contributed by atoms with van der Waals surface area (Å²) in [6.07, 6.45) is 4.76. The molecule has 0 bridgehead atoms. The predicted octanol–water partition coefficient (Wildman–Crippen LogP) is 2.31. The van der Waals surface area contributed by atoms with Crippen molar-refractivity contribution in [3.63, 3.8) is 0 Å². The second-order valence-electron chi connectivity index (χ2n) is 8.51. The second kappa shape index (κ2) is 15.3. The summed E-state index contributed by atoms with van der Waals surface area (Å²) in [5, 5.41) is 25.3. The van der Waals surface area contributed by atoms with Crippen LogP contribution in [0.2, 0.25) is 6.32 Å². The number of hydrogen-bond acceptors (Lipinski definition) is 6. The van der Waals surface area contributed by atoms with E-state index in [4.69, 9.17) is 20.8 Å². The maximum atomic E-state index is 12.6. The lowest BCUT2D eigenvalue weighted by Crippen LogP contribution is -2.43. The van der Waals surface area contributed by atoms with Gasteiger partial charge in [-0.3, -0.25) is 4.79 Å². The highest BCUT2D eigenvalue weighted by atomic mass is 35.5. The van der Waals surface area contributed by atoms with Crippen LogP contribution in [-0.2, 0) is 37.0 Å². The molecule has 8 nitrogen and oxygen atoms in total. The molecular formula is C25H35BClN5O3. The highest BCUT2D eigenvalue weighted by molar-refractivity contribution is 6.40. The molecular weight excluding hydrogens is 465 g/mol. The number of rotatable bonds is 14. The standard InChI is InChI=1S/C25H34BN5O3.ClH/c27-22(13-7-8-18-26(33)34)28-25(32)19-31-24(17-15-21-11-5-2-6-12-21)29-23(30-31)16-14-20-9-3-1-4-10-20;/h1-6,9-12,22,33-34H,7-8,13-19,27H2,(H,28,32);1H/t22-;/m1./s1. The average Bonchev–Trinajstić information content (AvgIpc) is 3.21. The van der Waals surface area contributed by atoms with E-state index in [1.165, 1.54) is 11.1 Å². The Balaban J connectivity index is 0.00000432. The van der Waals surface area contributed by atoms with Crippen LogP contribution in [0.4, 0.5) is 0 Å². The number of nitrogens with zero attached hydrogens (tertiary/aromatic N) is 3. The van der Waals surface area contributed by atoms with E-state index in [1.807, 2.05) is 36.4 Å². The Kier molecular flexibility index (Phi) is 12.5. The fourth-order valence-electron chi connectivity index (χ4n) is 3.80. The third-order valence-corrected chi connectivity index (χ3v) is 5.62. The van der Waals surface area contributed by atoms with Gasteiger partial charge in [-0.05, 0) is 36.7 Å². The summed E-state index contributed by atoms with van der Waals surface area (Å²) < 4.78 is 1.69. The number of nitrogens with two attached hydrogens (primary N) is 1. The number of benzene rings is 2. The van der Waals surface area contributed by atoms with E-state index in [-0.39, 0.29) is 24.9 Å². The Morgan fingerprint density at radius 1 is 0.943 bits per heavy atom. The van der Waals surface area contributed by atoms with Crippen LogP contribution in [0.3, 0.4) is 0 Å². The van der Waals surface area contributed by atoms with Gasteiger partial charge in [0.1, 0.15) is 12.4 Å². The van der Waals surface area contributed by atoms with E-state index in [0.29, 0.717) is 38.4 Å². The van der Waals surface area contributed by atoms with E-state index in [1.54, 1.807) is 4.68 Å². The van der Waals surface area contributed by atoms with Crippen molar-refractivity contribution in [2.45, 2.75) is 64.0 Å². The van der Waals surface area contributed by atoms with Crippen molar-refractivity contribution in [3.05, 3.63) is 83.4 Å². The highest BCUT2D eigenvalue weighted by Crippen LogP contribution is 2.10. The van der Waals surface area contributed by atoms with E-state index in [2.05, 4.69) is 34.7 Å². The first-order chi connectivity index (χ1) is 16.5. The van der Waals surface area contributed by atoms with Crippen molar-refractivity contribution in [1.82, 2.24) is 20.1 Å². The minimum absolute atomic E-state index is 0. The Bertz CT molecular complexity index is 1000. The molecule has 1 heterocycles. The zero-order chi connectivity index (χ0) is 24.2. The molecule has 0 aliphatic carbocycles. The molecule has 5 N–H and O–H groups in total. The summed E-state index contributed by atoms with van der Waals surface area (Å²) >= 11 is 0. The highest BCUT2D eigenvalue weighted by Gasteiger charge is 2.15. The molecule has 0 saturated heterocycles. The maximum absolute atomic E-state index is 12.6. The van der Waals surface area contributed by atoms with Gasteiger partial charge in [-0.1, -0.05) is 73.5 Å². The van der Waals surface area contributed by atoms with Crippen LogP contribution in [0.25, 0.3) is 0 Å². The smallest absolute Gasteiger partial charge is 0.427 e. The molecule has 188 valence electrons. The summed E-state index contributed by atoms with van der Waals surface area (Å²) in [6, 6.07) is 20.4. The molecule has 3 aromatic rings. The first-order valence-electron chi connectivity index (χ1n) is 11.9. The molecule has 0 unspecified atom stereocenters. The molecule has 35 heavy (non-hydrogen) atoms. The molecule has 0 fully saturated rings. The van der Waals surface area contributed by atoms with Gasteiger partial charge in [0.2, 0.25) is 5.91 Å². The van der Waals surface area contributed by atoms with Crippen molar-refractivity contribution in [3.8, 4) is 0 Å². The van der Waals surface area contributed by atoms with Crippen LogP contribution in [0.5, 0.6) is 0 Å². The number of unbranched alkanes of at least 4 members (excludes halogenated alkanes) is 1. The van der Waals surface area contributed by atoms with E-state index < -0.39 is 13.3 Å². The first-order valence-corrected chi connectivity index (χ1v) is 11.9. The molecule has 2 aromatic carbocycles. The van der Waals surface area contributed by atoms with E-state index in [9.17, 15) is 4.79 Å². The third kappa shape index (κ3) is 10.6. The molecule has 1 atom stereocenters. The lowest BCUT2D eigenvalue weighted by Gasteiger charge is -2.14. The number of carbonyl (C=O) groups excluding carboxylic acids is 1. The van der Waals surface area contributed by atoms with Crippen LogP contribution in [0.1, 0.15) is 42.0 Å². The van der Waals surface area contributed by atoms with Crippen molar-refractivity contribution < 1.29 is 14.8 Å². The van der Waals surface area contributed by atoms with Crippen LogP contribution in [0.15, 0.2) is 60.7 Å². The molecule has 1 amide bonds. The van der Waals surface area contributed by atoms with Crippen LogP contribution in [0, 0.1) is 0 Å². The molecule has 0 spiro atoms. The Labute approximate surface area is 213 Å². The Morgan fingerprint density at radius 3 is 2.14 bits per heavy atom. The number of nitrogens with one attached hydrogen (secondary N) is 1. The van der Waals surface area contributed by atoms with Crippen molar-refractivity contribution >= 4 is 25.4 Å². The van der Waals surface area contributed by atoms with Crippen molar-refractivity contribution in [2.75, 3.05) is 0 Å². The Morgan fingerprint density at radius 2 is 1.54 bits per heavy atom. The van der Waals surface area contributed by atoms with E-state index >= 15 is 0 Å². The number of hydrogen-bond donors (Lipinski definition) is 4. The molecule has 3 rings (SSSR count). The molecule has 0 aliphatic heterocycles. The number of carbonyl (C=O) groups is 1. The number of aromatic nitrogens is 3. The largest absolute Gasteiger partial charge is 0.451 e. The Hall–Kier alpha value is -2.72. The summed E-state index contributed by atoms with van der Waals surface area (Å²) in [6.45, 7) is 0.0610. The second-order valence-corrected chi connectivity index (χ2v) is 8.51. The molecule has 0 aliphatic rings. The van der Waals surface area contributed by atoms with Gasteiger partial charge >= 0.3 is 7.12 Å². The minimum Gasteiger partial charge on any atom is -0.427 e. The minimum atomic E-state index is -1.30. The van der Waals surface area contributed by atoms with Gasteiger partial charge in [0, 0.05) is 12.8 Å². The lowest BCUT2D eigenvalue weighted by molar-refractivity contribution is -0.122. The molecule has 0 saturated carbocycles. The predicted molar refractivity (Wildman–Crippen MR) is 140 cm³/mol. The average molecular weight is 500 g/mol. The SMILES string of the molecule is Cl.N[C@@H](CCCCB(O)O)NC(=O)Cn1nc(CCc2ccccc2)nc1CCc1ccccc1. The summed E-state index contributed by atoms with van der Waals surface area (Å²) in [5.74, 6) is 1.30. The normalized spacial score (nSPS) is 11.5. The zero-order valence-electron chi connectivity index (χ0n) is 19.9. The zero-order valence-corrected chi connectivity index (χ0v) is 20.7. The van der Waals surface area contributed by atoms with Gasteiger partial charge in [-0.25, -0.2) is 9.67 Å². The monoisotopic (exact) mass is 499 g/mol. The number of halogens is 1. The van der Waals surface area contributed by atoms with Gasteiger partial charge < -0.3 is 21.1 Å². The number of amides is 1. The van der Waals surface area contributed by atoms with Gasteiger partial charge in [0.25, 0.3) is 0 Å². The van der Waals surface area contributed by atoms with Gasteiger partial charge in [-0.15, -0.1) is 12.4 Å². The summed E-state index contributed by atoms with van der Waals surface area (Å²) in [5.41, 5.74) is 8.47. The fourth-order valence-corrected chi connectivity index (χ4v) is 3.80.